The summed E-state index contributed by atoms with van der Waals surface area (Å²) in [5, 5.41) is 0. The average Bonchev–Trinajstić information content (AvgIpc) is 2.25. The van der Waals surface area contributed by atoms with Gasteiger partial charge in [-0.15, -0.1) is 0 Å². The summed E-state index contributed by atoms with van der Waals surface area (Å²) in [5.74, 6) is 2.49. The molecule has 1 heteroatoms. The lowest BCUT2D eigenvalue weighted by Crippen LogP contribution is -2.09. The van der Waals surface area contributed by atoms with E-state index >= 15 is 0 Å². The van der Waals surface area contributed by atoms with Gasteiger partial charge < -0.3 is 0 Å². The molecule has 2 saturated carbocycles. The van der Waals surface area contributed by atoms with Gasteiger partial charge in [0.25, 0.3) is 0 Å². The fourth-order valence-electron chi connectivity index (χ4n) is 2.40. The van der Waals surface area contributed by atoms with Crippen LogP contribution >= 0.6 is 0 Å². The summed E-state index contributed by atoms with van der Waals surface area (Å²) in [5.41, 5.74) is 0. The Balaban J connectivity index is 2.26. The molecular formula is C8H12O. The van der Waals surface area contributed by atoms with Gasteiger partial charge in [-0.05, 0) is 24.7 Å². The lowest BCUT2D eigenvalue weighted by Gasteiger charge is -2.04. The Kier molecular flexibility index (Phi) is 0.961. The maximum Gasteiger partial charge on any atom is 0.136 e. The van der Waals surface area contributed by atoms with Crippen molar-refractivity contribution in [2.24, 2.45) is 17.8 Å². The molecule has 0 heterocycles. The zero-order chi connectivity index (χ0) is 6.43. The molecule has 3 atom stereocenters. The third-order valence-corrected chi connectivity index (χ3v) is 3.10. The van der Waals surface area contributed by atoms with Gasteiger partial charge in [0.2, 0.25) is 0 Å². The third kappa shape index (κ3) is 0.577. The predicted octanol–water partition coefficient (Wildman–Crippen LogP) is 1.62. The Morgan fingerprint density at radius 1 is 1.44 bits per heavy atom. The molecule has 0 radical (unpaired) electrons. The maximum absolute atomic E-state index is 11.0. The van der Waals surface area contributed by atoms with Gasteiger partial charge >= 0.3 is 0 Å². The molecule has 50 valence electrons. The second kappa shape index (κ2) is 1.59. The minimum Gasteiger partial charge on any atom is -0.299 e. The van der Waals surface area contributed by atoms with Crippen LogP contribution in [0.1, 0.15) is 26.2 Å². The van der Waals surface area contributed by atoms with Crippen LogP contribution in [0.3, 0.4) is 0 Å². The van der Waals surface area contributed by atoms with E-state index in [4.69, 9.17) is 0 Å². The van der Waals surface area contributed by atoms with Gasteiger partial charge in [-0.2, -0.15) is 0 Å². The van der Waals surface area contributed by atoms with E-state index in [2.05, 4.69) is 6.92 Å². The van der Waals surface area contributed by atoms with E-state index < -0.39 is 0 Å². The van der Waals surface area contributed by atoms with E-state index in [9.17, 15) is 4.79 Å². The maximum atomic E-state index is 11.0. The first-order chi connectivity index (χ1) is 4.29. The highest BCUT2D eigenvalue weighted by Gasteiger charge is 2.44. The molecule has 2 aliphatic rings. The van der Waals surface area contributed by atoms with Crippen molar-refractivity contribution >= 4 is 5.78 Å². The summed E-state index contributed by atoms with van der Waals surface area (Å²) in [6, 6.07) is 0. The van der Waals surface area contributed by atoms with Crippen molar-refractivity contribution in [3.8, 4) is 0 Å². The van der Waals surface area contributed by atoms with Gasteiger partial charge in [-0.3, -0.25) is 4.79 Å². The number of Topliss-reactive ketones (excluding diaryl/α,β-unsaturated/α-hetero) is 1. The van der Waals surface area contributed by atoms with Crippen molar-refractivity contribution < 1.29 is 4.79 Å². The standard InChI is InChI=1S/C8H12O/c1-5-6-2-3-7(5)8(9)4-6/h5-7H,2-4H2,1H3. The fourth-order valence-corrected chi connectivity index (χ4v) is 2.40. The van der Waals surface area contributed by atoms with Gasteiger partial charge in [-0.25, -0.2) is 0 Å². The Morgan fingerprint density at radius 3 is 2.44 bits per heavy atom. The molecule has 1 nitrogen and oxygen atoms in total. The molecular weight excluding hydrogens is 112 g/mol. The number of hydrogen-bond donors (Lipinski definition) is 0. The van der Waals surface area contributed by atoms with Gasteiger partial charge in [0.1, 0.15) is 5.78 Å². The first kappa shape index (κ1) is 5.45. The molecule has 3 unspecified atom stereocenters. The smallest absolute Gasteiger partial charge is 0.136 e. The van der Waals surface area contributed by atoms with Crippen molar-refractivity contribution in [2.45, 2.75) is 26.2 Å². The quantitative estimate of drug-likeness (QED) is 0.479. The van der Waals surface area contributed by atoms with Crippen molar-refractivity contribution in [1.29, 1.82) is 0 Å². The molecule has 0 N–H and O–H groups in total. The van der Waals surface area contributed by atoms with Crippen LogP contribution in [0.5, 0.6) is 0 Å². The van der Waals surface area contributed by atoms with Crippen LogP contribution in [0, 0.1) is 17.8 Å². The highest BCUT2D eigenvalue weighted by molar-refractivity contribution is 5.84. The minimum atomic E-state index is 0.468. The lowest BCUT2D eigenvalue weighted by molar-refractivity contribution is -0.122. The third-order valence-electron chi connectivity index (χ3n) is 3.10. The van der Waals surface area contributed by atoms with Crippen LogP contribution in [0.2, 0.25) is 0 Å². The highest BCUT2D eigenvalue weighted by Crippen LogP contribution is 2.46. The van der Waals surface area contributed by atoms with E-state index in [1.165, 1.54) is 12.8 Å². The summed E-state index contributed by atoms with van der Waals surface area (Å²) in [6.45, 7) is 2.23. The zero-order valence-corrected chi connectivity index (χ0v) is 5.76. The second-order valence-electron chi connectivity index (χ2n) is 3.47. The van der Waals surface area contributed by atoms with Crippen LogP contribution in [0.4, 0.5) is 0 Å². The largest absolute Gasteiger partial charge is 0.299 e. The van der Waals surface area contributed by atoms with Gasteiger partial charge in [0.05, 0.1) is 0 Å². The van der Waals surface area contributed by atoms with E-state index in [0.717, 1.165) is 18.3 Å². The lowest BCUT2D eigenvalue weighted by atomic mass is 10.00. The molecule has 2 rings (SSSR count). The molecule has 9 heavy (non-hydrogen) atoms. The molecule has 0 saturated heterocycles. The number of fused-ring (bicyclic) bond motifs is 2. The molecule has 0 aliphatic heterocycles. The summed E-state index contributed by atoms with van der Waals surface area (Å²) in [6.07, 6.45) is 3.40. The summed E-state index contributed by atoms with van der Waals surface area (Å²) in [4.78, 5) is 11.0. The summed E-state index contributed by atoms with van der Waals surface area (Å²) in [7, 11) is 0. The van der Waals surface area contributed by atoms with Crippen LogP contribution < -0.4 is 0 Å². The van der Waals surface area contributed by atoms with Crippen molar-refractivity contribution in [2.75, 3.05) is 0 Å². The molecule has 0 amide bonds. The van der Waals surface area contributed by atoms with Crippen LogP contribution in [-0.2, 0) is 4.79 Å². The van der Waals surface area contributed by atoms with Gasteiger partial charge in [-0.1, -0.05) is 6.92 Å². The first-order valence-corrected chi connectivity index (χ1v) is 3.82. The molecule has 2 aliphatic carbocycles. The molecule has 0 aromatic carbocycles. The second-order valence-corrected chi connectivity index (χ2v) is 3.47. The van der Waals surface area contributed by atoms with E-state index in [1.807, 2.05) is 0 Å². The minimum absolute atomic E-state index is 0.468. The Morgan fingerprint density at radius 2 is 2.22 bits per heavy atom. The normalized spacial score (nSPS) is 48.6. The average molecular weight is 124 g/mol. The molecule has 2 fully saturated rings. The Hall–Kier alpha value is -0.330. The summed E-state index contributed by atoms with van der Waals surface area (Å²) >= 11 is 0. The monoisotopic (exact) mass is 124 g/mol. The number of carbonyl (C=O) groups excluding carboxylic acids is 1. The topological polar surface area (TPSA) is 17.1 Å². The molecule has 2 bridgehead atoms. The summed E-state index contributed by atoms with van der Waals surface area (Å²) < 4.78 is 0. The van der Waals surface area contributed by atoms with E-state index in [-0.39, 0.29) is 0 Å². The SMILES string of the molecule is CC1C2CCC1C(=O)C2. The van der Waals surface area contributed by atoms with Crippen molar-refractivity contribution in [3.05, 3.63) is 0 Å². The molecule has 0 aromatic heterocycles. The van der Waals surface area contributed by atoms with Crippen LogP contribution in [0.25, 0.3) is 0 Å². The molecule has 0 aromatic rings. The van der Waals surface area contributed by atoms with Crippen molar-refractivity contribution in [3.63, 3.8) is 0 Å². The first-order valence-electron chi connectivity index (χ1n) is 3.82. The number of hydrogen-bond acceptors (Lipinski definition) is 1. The Labute approximate surface area is 55.4 Å². The fraction of sp³-hybridized carbons (Fsp3) is 0.875. The van der Waals surface area contributed by atoms with Crippen molar-refractivity contribution in [1.82, 2.24) is 0 Å². The van der Waals surface area contributed by atoms with Crippen LogP contribution in [-0.4, -0.2) is 5.78 Å². The van der Waals surface area contributed by atoms with Gasteiger partial charge in [0, 0.05) is 12.3 Å². The van der Waals surface area contributed by atoms with E-state index in [1.54, 1.807) is 0 Å². The number of rotatable bonds is 0. The molecule has 0 spiro atoms. The highest BCUT2D eigenvalue weighted by atomic mass is 16.1. The van der Waals surface area contributed by atoms with Crippen LogP contribution in [0.15, 0.2) is 0 Å². The number of ketones is 1. The predicted molar refractivity (Wildman–Crippen MR) is 35.0 cm³/mol. The van der Waals surface area contributed by atoms with E-state index in [0.29, 0.717) is 11.7 Å². The number of carbonyl (C=O) groups is 1. The Bertz CT molecular complexity index is 151. The zero-order valence-electron chi connectivity index (χ0n) is 5.76. The van der Waals surface area contributed by atoms with Gasteiger partial charge in [0.15, 0.2) is 0 Å².